The van der Waals surface area contributed by atoms with E-state index in [1.54, 1.807) is 0 Å². The van der Waals surface area contributed by atoms with Gasteiger partial charge in [0.05, 0.1) is 11.7 Å². The summed E-state index contributed by atoms with van der Waals surface area (Å²) in [6.45, 7) is 4.02. The first kappa shape index (κ1) is 15.7. The van der Waals surface area contributed by atoms with E-state index >= 15 is 0 Å². The maximum atomic E-state index is 11.0. The molecule has 0 aromatic rings. The van der Waals surface area contributed by atoms with Gasteiger partial charge in [0, 0.05) is 6.54 Å². The Morgan fingerprint density at radius 1 is 1.47 bits per heavy atom. The molecule has 0 aromatic heterocycles. The van der Waals surface area contributed by atoms with Crippen molar-refractivity contribution in [2.45, 2.75) is 25.3 Å². The third-order valence-corrected chi connectivity index (χ3v) is 2.02. The maximum absolute atomic E-state index is 11.0. The van der Waals surface area contributed by atoms with Gasteiger partial charge in [0.15, 0.2) is 7.85 Å². The van der Waals surface area contributed by atoms with Crippen LogP contribution in [0, 0.1) is 0 Å². The van der Waals surface area contributed by atoms with Crippen molar-refractivity contribution >= 4 is 19.6 Å². The van der Waals surface area contributed by atoms with Crippen LogP contribution in [0.15, 0.2) is 12.7 Å². The third-order valence-electron chi connectivity index (χ3n) is 2.02. The lowest BCUT2D eigenvalue weighted by atomic mass is 9.92. The van der Waals surface area contributed by atoms with Crippen molar-refractivity contribution in [2.24, 2.45) is 0 Å². The molecule has 1 atom stereocenters. The fourth-order valence-electron chi connectivity index (χ4n) is 1.12. The van der Waals surface area contributed by atoms with Crippen molar-refractivity contribution in [3.8, 4) is 0 Å². The van der Waals surface area contributed by atoms with Crippen molar-refractivity contribution in [1.82, 2.24) is 10.8 Å². The van der Waals surface area contributed by atoms with E-state index in [-0.39, 0.29) is 6.61 Å². The summed E-state index contributed by atoms with van der Waals surface area (Å²) in [7, 11) is 5.00. The van der Waals surface area contributed by atoms with Gasteiger partial charge in [0.25, 0.3) is 0 Å². The minimum atomic E-state index is -0.747. The Morgan fingerprint density at radius 2 is 2.18 bits per heavy atom. The Kier molecular flexibility index (Phi) is 9.09. The van der Waals surface area contributed by atoms with E-state index in [0.717, 1.165) is 0 Å². The molecule has 0 rings (SSSR count). The fraction of sp³-hybridized carbons (Fsp3) is 0.600. The van der Waals surface area contributed by atoms with E-state index in [0.29, 0.717) is 25.8 Å². The summed E-state index contributed by atoms with van der Waals surface area (Å²) in [5.41, 5.74) is 1.23. The number of hydrogen-bond acceptors (Lipinski definition) is 5. The van der Waals surface area contributed by atoms with Crippen LogP contribution >= 0.6 is 0 Å². The van der Waals surface area contributed by atoms with Crippen molar-refractivity contribution in [1.29, 1.82) is 0 Å². The van der Waals surface area contributed by atoms with Crippen molar-refractivity contribution < 1.29 is 19.5 Å². The van der Waals surface area contributed by atoms with Crippen LogP contribution in [0.4, 0.5) is 4.79 Å². The summed E-state index contributed by atoms with van der Waals surface area (Å²) in [5.74, 6) is 0. The van der Waals surface area contributed by atoms with E-state index in [2.05, 4.69) is 16.6 Å². The minimum Gasteiger partial charge on any atom is -0.445 e. The van der Waals surface area contributed by atoms with Gasteiger partial charge >= 0.3 is 6.09 Å². The number of alkyl carbamates (subject to hydrolysis) is 1. The van der Waals surface area contributed by atoms with Crippen LogP contribution < -0.4 is 10.8 Å². The quantitative estimate of drug-likeness (QED) is 0.230. The van der Waals surface area contributed by atoms with Crippen LogP contribution in [0.1, 0.15) is 19.3 Å². The number of carbonyl (C=O) groups is 2. The summed E-state index contributed by atoms with van der Waals surface area (Å²) in [4.78, 5) is 21.7. The average molecular weight is 240 g/mol. The van der Waals surface area contributed by atoms with E-state index < -0.39 is 17.8 Å². The van der Waals surface area contributed by atoms with Gasteiger partial charge in [-0.2, -0.15) is 5.48 Å². The zero-order chi connectivity index (χ0) is 13.1. The first-order valence-corrected chi connectivity index (χ1v) is 5.32. The largest absolute Gasteiger partial charge is 0.445 e. The zero-order valence-electron chi connectivity index (χ0n) is 9.65. The molecule has 0 aliphatic heterocycles. The van der Waals surface area contributed by atoms with Gasteiger partial charge < -0.3 is 20.1 Å². The predicted octanol–water partition coefficient (Wildman–Crippen LogP) is 0.111. The fourth-order valence-corrected chi connectivity index (χ4v) is 1.12. The highest BCUT2D eigenvalue weighted by molar-refractivity contribution is 6.59. The molecule has 0 saturated carbocycles. The van der Waals surface area contributed by atoms with E-state index in [1.165, 1.54) is 6.08 Å². The molecule has 0 unspecified atom stereocenters. The van der Waals surface area contributed by atoms with E-state index in [1.807, 2.05) is 5.48 Å². The van der Waals surface area contributed by atoms with E-state index in [9.17, 15) is 9.59 Å². The maximum Gasteiger partial charge on any atom is 0.407 e. The SMILES string of the molecule is [B]C(=O)[C@H](CCCCNC(=O)OCC=C)NO. The highest BCUT2D eigenvalue weighted by Crippen LogP contribution is 2.00. The number of carbonyl (C=O) groups excluding carboxylic acids is 2. The molecule has 2 radical (unpaired) electrons. The first-order chi connectivity index (χ1) is 8.11. The average Bonchev–Trinajstić information content (AvgIpc) is 2.30. The third kappa shape index (κ3) is 8.47. The second kappa shape index (κ2) is 9.86. The van der Waals surface area contributed by atoms with Crippen molar-refractivity contribution in [3.63, 3.8) is 0 Å². The molecule has 0 aliphatic rings. The molecule has 6 nitrogen and oxygen atoms in total. The number of unbranched alkanes of at least 4 members (excludes halogenated alkanes) is 1. The molecule has 0 aromatic carbocycles. The van der Waals surface area contributed by atoms with Crippen LogP contribution in [0.3, 0.4) is 0 Å². The number of ether oxygens (including phenoxy) is 1. The smallest absolute Gasteiger partial charge is 0.407 e. The number of nitrogens with one attached hydrogen (secondary N) is 2. The van der Waals surface area contributed by atoms with Gasteiger partial charge in [-0.3, -0.25) is 0 Å². The molecule has 0 aliphatic carbocycles. The van der Waals surface area contributed by atoms with Gasteiger partial charge in [-0.25, -0.2) is 4.79 Å². The standard InChI is InChI=1S/C10H17BN2O4/c1-2-7-17-10(15)12-6-4-3-5-8(13-16)9(11)14/h2,8,13,16H,1,3-7H2,(H,12,15)/t8-/m0/s1. The second-order valence-electron chi connectivity index (χ2n) is 3.39. The van der Waals surface area contributed by atoms with Crippen LogP contribution in [0.25, 0.3) is 0 Å². The minimum absolute atomic E-state index is 0.171. The molecule has 3 N–H and O–H groups in total. The Hall–Kier alpha value is -1.34. The van der Waals surface area contributed by atoms with Gasteiger partial charge in [-0.1, -0.05) is 12.7 Å². The Balaban J connectivity index is 3.48. The number of hydrogen-bond donors (Lipinski definition) is 3. The molecule has 1 amide bonds. The second-order valence-corrected chi connectivity index (χ2v) is 3.39. The van der Waals surface area contributed by atoms with Gasteiger partial charge in [-0.05, 0) is 19.3 Å². The van der Waals surface area contributed by atoms with Crippen molar-refractivity contribution in [3.05, 3.63) is 12.7 Å². The molecule has 0 spiro atoms. The van der Waals surface area contributed by atoms with Gasteiger partial charge in [0.2, 0.25) is 0 Å². The molecule has 0 bridgehead atoms. The molecular weight excluding hydrogens is 223 g/mol. The number of amides is 1. The zero-order valence-corrected chi connectivity index (χ0v) is 9.65. The van der Waals surface area contributed by atoms with Crippen LogP contribution in [0.5, 0.6) is 0 Å². The first-order valence-electron chi connectivity index (χ1n) is 5.32. The molecule has 0 heterocycles. The molecule has 0 saturated heterocycles. The van der Waals surface area contributed by atoms with Crippen LogP contribution in [-0.4, -0.2) is 44.0 Å². The Bertz CT molecular complexity index is 261. The van der Waals surface area contributed by atoms with Crippen LogP contribution in [-0.2, 0) is 9.53 Å². The highest BCUT2D eigenvalue weighted by Gasteiger charge is 2.10. The van der Waals surface area contributed by atoms with E-state index in [4.69, 9.17) is 13.1 Å². The molecule has 17 heavy (non-hydrogen) atoms. The molecular formula is C10H17BN2O4. The Labute approximate surface area is 102 Å². The highest BCUT2D eigenvalue weighted by atomic mass is 16.5. The molecule has 94 valence electrons. The summed E-state index contributed by atoms with van der Waals surface area (Å²) < 4.78 is 4.68. The summed E-state index contributed by atoms with van der Waals surface area (Å²) >= 11 is 0. The summed E-state index contributed by atoms with van der Waals surface area (Å²) in [5, 5.41) is 11.1. The number of rotatable bonds is 9. The molecule has 7 heteroatoms. The Morgan fingerprint density at radius 3 is 2.71 bits per heavy atom. The van der Waals surface area contributed by atoms with Crippen LogP contribution in [0.2, 0.25) is 0 Å². The topological polar surface area (TPSA) is 87.7 Å². The lowest BCUT2D eigenvalue weighted by Gasteiger charge is -2.11. The summed E-state index contributed by atoms with van der Waals surface area (Å²) in [6.07, 6.45) is 2.69. The lowest BCUT2D eigenvalue weighted by Crippen LogP contribution is -2.34. The summed E-state index contributed by atoms with van der Waals surface area (Å²) in [6, 6.07) is -0.747. The van der Waals surface area contributed by atoms with Gasteiger partial charge in [0.1, 0.15) is 6.61 Å². The lowest BCUT2D eigenvalue weighted by molar-refractivity contribution is -0.116. The van der Waals surface area contributed by atoms with Gasteiger partial charge in [-0.15, -0.1) is 0 Å². The van der Waals surface area contributed by atoms with Crippen molar-refractivity contribution in [2.75, 3.05) is 13.2 Å². The predicted molar refractivity (Wildman–Crippen MR) is 62.9 cm³/mol. The monoisotopic (exact) mass is 240 g/mol. The number of hydroxylamine groups is 1. The molecule has 0 fully saturated rings. The normalized spacial score (nSPS) is 11.6.